The average Bonchev–Trinajstić information content (AvgIpc) is 3.06. The van der Waals surface area contributed by atoms with Crippen molar-refractivity contribution >= 4 is 55.6 Å². The highest BCUT2D eigenvalue weighted by molar-refractivity contribution is 9.12. The predicted molar refractivity (Wildman–Crippen MR) is 78.9 cm³/mol. The van der Waals surface area contributed by atoms with Crippen molar-refractivity contribution in [1.82, 2.24) is 4.90 Å². The van der Waals surface area contributed by atoms with Crippen LogP contribution in [-0.2, 0) is 19.2 Å². The first kappa shape index (κ1) is 16.9. The Balaban J connectivity index is 1.87. The molecule has 2 bridgehead atoms. The highest BCUT2D eigenvalue weighted by Gasteiger charge is 2.67. The zero-order valence-corrected chi connectivity index (χ0v) is 15.0. The van der Waals surface area contributed by atoms with Gasteiger partial charge in [-0.25, -0.2) is 0 Å². The molecule has 0 aromatic heterocycles. The monoisotopic (exact) mass is 449 g/mol. The molecule has 0 unspecified atom stereocenters. The van der Waals surface area contributed by atoms with E-state index in [0.717, 1.165) is 11.3 Å². The smallest absolute Gasteiger partial charge is 0.234 e. The number of amides is 2. The van der Waals surface area contributed by atoms with Gasteiger partial charge in [-0.15, -0.1) is 0 Å². The van der Waals surface area contributed by atoms with Crippen LogP contribution in [0.4, 0.5) is 0 Å². The maximum absolute atomic E-state index is 12.6. The van der Waals surface area contributed by atoms with Crippen molar-refractivity contribution in [2.24, 2.45) is 23.7 Å². The zero-order chi connectivity index (χ0) is 17.0. The Hall–Kier alpha value is -0.960. The van der Waals surface area contributed by atoms with Gasteiger partial charge in [0.15, 0.2) is 0 Å². The minimum absolute atomic E-state index is 0.0284. The molecule has 0 aromatic rings. The quantitative estimate of drug-likeness (QED) is 0.368. The van der Waals surface area contributed by atoms with Gasteiger partial charge in [-0.05, 0) is 31.1 Å². The zero-order valence-electron chi connectivity index (χ0n) is 11.8. The maximum Gasteiger partial charge on any atom is 0.234 e. The lowest BCUT2D eigenvalue weighted by atomic mass is 9.81. The van der Waals surface area contributed by atoms with Crippen molar-refractivity contribution in [1.29, 1.82) is 0 Å². The van der Waals surface area contributed by atoms with E-state index in [-0.39, 0.29) is 21.5 Å². The summed E-state index contributed by atoms with van der Waals surface area (Å²) in [4.78, 5) is 48.0. The maximum atomic E-state index is 12.6. The molecule has 7 atom stereocenters. The van der Waals surface area contributed by atoms with Crippen molar-refractivity contribution < 1.29 is 29.4 Å². The first-order valence-electron chi connectivity index (χ1n) is 7.31. The number of aliphatic carboxylic acids is 2. The number of likely N-dealkylation sites (tertiary alicyclic amines) is 1. The molecule has 0 spiro atoms. The summed E-state index contributed by atoms with van der Waals surface area (Å²) in [6.45, 7) is 0. The lowest BCUT2D eigenvalue weighted by Crippen LogP contribution is -2.52. The fourth-order valence-electron chi connectivity index (χ4n) is 4.29. The molecule has 23 heavy (non-hydrogen) atoms. The normalized spacial score (nSPS) is 39.7. The van der Waals surface area contributed by atoms with Crippen LogP contribution in [-0.4, -0.2) is 44.3 Å². The number of alkyl halides is 2. The summed E-state index contributed by atoms with van der Waals surface area (Å²) in [6.07, 6.45) is -0.214. The predicted octanol–water partition coefficient (Wildman–Crippen LogP) is -1.59. The standard InChI is InChI=1S/C14H15Br2NO6/c15-10-4-3-5(11(10)16)9-8(4)12(20)17(13(9)21)6(14(22)23)1-2-7(18)19/h4-6,8-11H,1-3H2,(H,18,19)(H,22,23)/p-2/t4-,5+,6-,8+,9+,10+,11-/m0/s1. The molecule has 2 amide bonds. The number of hydrogen-bond donors (Lipinski definition) is 0. The van der Waals surface area contributed by atoms with E-state index in [4.69, 9.17) is 0 Å². The van der Waals surface area contributed by atoms with Gasteiger partial charge < -0.3 is 19.8 Å². The topological polar surface area (TPSA) is 118 Å². The van der Waals surface area contributed by atoms with Crippen molar-refractivity contribution in [3.05, 3.63) is 0 Å². The van der Waals surface area contributed by atoms with Crippen LogP contribution in [0.15, 0.2) is 0 Å². The Bertz CT molecular complexity index is 564. The molecule has 1 aliphatic heterocycles. The van der Waals surface area contributed by atoms with Crippen LogP contribution in [0.25, 0.3) is 0 Å². The molecular weight excluding hydrogens is 438 g/mol. The number of imide groups is 1. The second kappa shape index (κ2) is 5.84. The Morgan fingerprint density at radius 2 is 1.57 bits per heavy atom. The summed E-state index contributed by atoms with van der Waals surface area (Å²) in [7, 11) is 0. The van der Waals surface area contributed by atoms with Crippen LogP contribution < -0.4 is 10.2 Å². The van der Waals surface area contributed by atoms with Crippen LogP contribution >= 0.6 is 31.9 Å². The lowest BCUT2D eigenvalue weighted by Gasteiger charge is -2.28. The van der Waals surface area contributed by atoms with Crippen molar-refractivity contribution in [2.75, 3.05) is 0 Å². The number of carbonyl (C=O) groups excluding carboxylic acids is 4. The molecule has 0 N–H and O–H groups in total. The molecule has 0 radical (unpaired) electrons. The SMILES string of the molecule is O=C([O-])CC[C@@H](C(=O)[O-])N1C(=O)[C@@H]2[C@@H]3C[C@@H]([C@H](Br)[C@@H]3Br)[C@H]2C1=O. The first-order chi connectivity index (χ1) is 10.8. The summed E-state index contributed by atoms with van der Waals surface area (Å²) < 4.78 is 0. The molecule has 0 aromatic carbocycles. The molecule has 2 saturated carbocycles. The Labute approximate surface area is 148 Å². The van der Waals surface area contributed by atoms with Crippen LogP contribution in [0.1, 0.15) is 19.3 Å². The third-order valence-electron chi connectivity index (χ3n) is 5.23. The largest absolute Gasteiger partial charge is 0.550 e. The van der Waals surface area contributed by atoms with E-state index >= 15 is 0 Å². The highest BCUT2D eigenvalue weighted by atomic mass is 79.9. The van der Waals surface area contributed by atoms with Crippen molar-refractivity contribution in [3.63, 3.8) is 0 Å². The number of carboxylic acid groups (broad SMARTS) is 2. The molecule has 2 aliphatic carbocycles. The van der Waals surface area contributed by atoms with Gasteiger partial charge in [-0.3, -0.25) is 14.5 Å². The van der Waals surface area contributed by atoms with Crippen LogP contribution in [0, 0.1) is 23.7 Å². The van der Waals surface area contributed by atoms with Gasteiger partial charge in [0.05, 0.1) is 23.8 Å². The third kappa shape index (κ3) is 2.43. The number of halogens is 2. The number of hydrogen-bond acceptors (Lipinski definition) is 6. The van der Waals surface area contributed by atoms with Gasteiger partial charge in [0.1, 0.15) is 0 Å². The van der Waals surface area contributed by atoms with Crippen LogP contribution in [0.2, 0.25) is 0 Å². The minimum Gasteiger partial charge on any atom is -0.550 e. The highest BCUT2D eigenvalue weighted by Crippen LogP contribution is 2.60. The molecular formula is C14H13Br2NO6-2. The molecule has 3 aliphatic rings. The van der Waals surface area contributed by atoms with Gasteiger partial charge in [-0.1, -0.05) is 31.9 Å². The van der Waals surface area contributed by atoms with E-state index in [0.29, 0.717) is 0 Å². The van der Waals surface area contributed by atoms with Gasteiger partial charge in [0.25, 0.3) is 0 Å². The van der Waals surface area contributed by atoms with Crippen LogP contribution in [0.3, 0.4) is 0 Å². The fourth-order valence-corrected chi connectivity index (χ4v) is 6.16. The lowest BCUT2D eigenvalue weighted by molar-refractivity contribution is -0.312. The summed E-state index contributed by atoms with van der Waals surface area (Å²) >= 11 is 7.07. The summed E-state index contributed by atoms with van der Waals surface area (Å²) in [5.74, 6) is -5.22. The summed E-state index contributed by atoms with van der Waals surface area (Å²) in [6, 6.07) is -1.56. The van der Waals surface area contributed by atoms with E-state index in [2.05, 4.69) is 31.9 Å². The molecule has 126 valence electrons. The molecule has 9 heteroatoms. The Morgan fingerprint density at radius 3 is 1.96 bits per heavy atom. The number of fused-ring (bicyclic) bond motifs is 5. The van der Waals surface area contributed by atoms with E-state index in [1.807, 2.05) is 0 Å². The van der Waals surface area contributed by atoms with Gasteiger partial charge in [0.2, 0.25) is 11.8 Å². The molecule has 1 heterocycles. The average molecular weight is 451 g/mol. The Morgan fingerprint density at radius 1 is 1.09 bits per heavy atom. The number of carbonyl (C=O) groups is 4. The minimum atomic E-state index is -1.62. The van der Waals surface area contributed by atoms with Gasteiger partial charge in [-0.2, -0.15) is 0 Å². The van der Waals surface area contributed by atoms with Gasteiger partial charge in [0, 0.05) is 15.6 Å². The summed E-state index contributed by atoms with van der Waals surface area (Å²) in [5.41, 5.74) is 0. The van der Waals surface area contributed by atoms with E-state index in [1.165, 1.54) is 0 Å². The molecule has 1 saturated heterocycles. The number of carboxylic acids is 2. The second-order valence-electron chi connectivity index (χ2n) is 6.30. The Kier molecular flexibility index (Phi) is 4.29. The van der Waals surface area contributed by atoms with Crippen molar-refractivity contribution in [3.8, 4) is 0 Å². The number of rotatable bonds is 5. The van der Waals surface area contributed by atoms with E-state index in [1.54, 1.807) is 0 Å². The van der Waals surface area contributed by atoms with Gasteiger partial charge >= 0.3 is 0 Å². The van der Waals surface area contributed by atoms with E-state index in [9.17, 15) is 29.4 Å². The fraction of sp³-hybridized carbons (Fsp3) is 0.714. The molecule has 3 rings (SSSR count). The first-order valence-corrected chi connectivity index (χ1v) is 9.14. The second-order valence-corrected chi connectivity index (χ2v) is 8.41. The van der Waals surface area contributed by atoms with Crippen molar-refractivity contribution in [2.45, 2.75) is 35.0 Å². The molecule has 7 nitrogen and oxygen atoms in total. The third-order valence-corrected chi connectivity index (χ3v) is 8.43. The summed E-state index contributed by atoms with van der Waals surface area (Å²) in [5, 5.41) is 21.9. The van der Waals surface area contributed by atoms with Crippen LogP contribution in [0.5, 0.6) is 0 Å². The number of nitrogens with zero attached hydrogens (tertiary/aromatic N) is 1. The van der Waals surface area contributed by atoms with E-state index < -0.39 is 54.5 Å². The molecule has 3 fully saturated rings.